The molecule has 5 nitrogen and oxygen atoms in total. The van der Waals surface area contributed by atoms with E-state index in [2.05, 4.69) is 5.32 Å². The van der Waals surface area contributed by atoms with Gasteiger partial charge in [-0.15, -0.1) is 0 Å². The highest BCUT2D eigenvalue weighted by atomic mass is 19.4. The number of benzene rings is 1. The smallest absolute Gasteiger partial charge is 0.379 e. The minimum absolute atomic E-state index is 0.187. The Morgan fingerprint density at radius 1 is 1.45 bits per heavy atom. The summed E-state index contributed by atoms with van der Waals surface area (Å²) >= 11 is 0. The van der Waals surface area contributed by atoms with Crippen molar-refractivity contribution in [2.24, 2.45) is 0 Å². The summed E-state index contributed by atoms with van der Waals surface area (Å²) in [6, 6.07) is 4.19. The standard InChI is InChI=1S/C12H15F3N2O3/c1-3-16-11-9(5-4-6-10(11)17(18)19)7-20-8(2)12(13,14)15/h4-6,8,16H,3,7H2,1-2H3. The van der Waals surface area contributed by atoms with Crippen LogP contribution in [0, 0.1) is 10.1 Å². The lowest BCUT2D eigenvalue weighted by Crippen LogP contribution is -2.28. The van der Waals surface area contributed by atoms with Crippen LogP contribution in [0.5, 0.6) is 0 Å². The number of rotatable bonds is 6. The fourth-order valence-corrected chi connectivity index (χ4v) is 1.55. The SMILES string of the molecule is CCNc1c(COC(C)C(F)(F)F)cccc1[N+](=O)[O-]. The summed E-state index contributed by atoms with van der Waals surface area (Å²) in [7, 11) is 0. The van der Waals surface area contributed by atoms with Crippen LogP contribution in [0.1, 0.15) is 19.4 Å². The Kier molecular flexibility index (Phi) is 5.32. The largest absolute Gasteiger partial charge is 0.414 e. The average molecular weight is 292 g/mol. The lowest BCUT2D eigenvalue weighted by molar-refractivity contribution is -0.384. The Hall–Kier alpha value is -1.83. The van der Waals surface area contributed by atoms with Gasteiger partial charge in [-0.2, -0.15) is 13.2 Å². The number of para-hydroxylation sites is 1. The number of halogens is 3. The molecular formula is C12H15F3N2O3. The summed E-state index contributed by atoms with van der Waals surface area (Å²) in [5, 5.41) is 13.7. The van der Waals surface area contributed by atoms with Gasteiger partial charge in [0.1, 0.15) is 5.69 Å². The maximum Gasteiger partial charge on any atom is 0.414 e. The van der Waals surface area contributed by atoms with Gasteiger partial charge in [0.15, 0.2) is 6.10 Å². The first-order valence-corrected chi connectivity index (χ1v) is 5.95. The zero-order chi connectivity index (χ0) is 15.3. The van der Waals surface area contributed by atoms with Gasteiger partial charge < -0.3 is 10.1 Å². The first-order valence-electron chi connectivity index (χ1n) is 5.95. The number of anilines is 1. The van der Waals surface area contributed by atoms with Gasteiger partial charge in [-0.3, -0.25) is 10.1 Å². The molecule has 0 spiro atoms. The van der Waals surface area contributed by atoms with Crippen LogP contribution in [0.25, 0.3) is 0 Å². The van der Waals surface area contributed by atoms with Crippen molar-refractivity contribution in [2.45, 2.75) is 32.7 Å². The van der Waals surface area contributed by atoms with E-state index in [0.717, 1.165) is 6.92 Å². The maximum absolute atomic E-state index is 12.4. The van der Waals surface area contributed by atoms with E-state index in [1.165, 1.54) is 18.2 Å². The van der Waals surface area contributed by atoms with E-state index < -0.39 is 17.2 Å². The molecule has 0 radical (unpaired) electrons. The summed E-state index contributed by atoms with van der Waals surface area (Å²) in [4.78, 5) is 10.3. The molecule has 1 aromatic carbocycles. The number of nitro benzene ring substituents is 1. The lowest BCUT2D eigenvalue weighted by Gasteiger charge is -2.17. The van der Waals surface area contributed by atoms with Crippen LogP contribution in [0.4, 0.5) is 24.5 Å². The Morgan fingerprint density at radius 3 is 2.60 bits per heavy atom. The molecule has 112 valence electrons. The predicted octanol–water partition coefficient (Wildman–Crippen LogP) is 3.49. The van der Waals surface area contributed by atoms with Gasteiger partial charge in [0.05, 0.1) is 11.5 Å². The number of hydrogen-bond donors (Lipinski definition) is 1. The van der Waals surface area contributed by atoms with Gasteiger partial charge in [0.25, 0.3) is 5.69 Å². The molecule has 0 fully saturated rings. The summed E-state index contributed by atoms with van der Waals surface area (Å²) in [6.07, 6.45) is -6.39. The Bertz CT molecular complexity index is 478. The van der Waals surface area contributed by atoms with E-state index in [0.29, 0.717) is 12.1 Å². The van der Waals surface area contributed by atoms with E-state index in [9.17, 15) is 23.3 Å². The number of nitrogens with one attached hydrogen (secondary N) is 1. The molecule has 0 saturated heterocycles. The van der Waals surface area contributed by atoms with Crippen LogP contribution < -0.4 is 5.32 Å². The van der Waals surface area contributed by atoms with Crippen LogP contribution in [0.15, 0.2) is 18.2 Å². The van der Waals surface area contributed by atoms with Gasteiger partial charge in [-0.1, -0.05) is 12.1 Å². The van der Waals surface area contributed by atoms with Crippen molar-refractivity contribution in [1.29, 1.82) is 0 Å². The van der Waals surface area contributed by atoms with E-state index in [1.54, 1.807) is 6.92 Å². The molecule has 1 atom stereocenters. The fraction of sp³-hybridized carbons (Fsp3) is 0.500. The molecule has 1 rings (SSSR count). The summed E-state index contributed by atoms with van der Waals surface area (Å²) in [5.74, 6) is 0. The molecule has 0 saturated carbocycles. The van der Waals surface area contributed by atoms with Crippen molar-refractivity contribution < 1.29 is 22.8 Å². The highest BCUT2D eigenvalue weighted by Crippen LogP contribution is 2.30. The van der Waals surface area contributed by atoms with Crippen molar-refractivity contribution in [2.75, 3.05) is 11.9 Å². The first-order chi connectivity index (χ1) is 9.27. The second-order valence-corrected chi connectivity index (χ2v) is 4.09. The molecule has 20 heavy (non-hydrogen) atoms. The number of nitrogens with zero attached hydrogens (tertiary/aromatic N) is 1. The molecule has 1 unspecified atom stereocenters. The van der Waals surface area contributed by atoms with Crippen molar-refractivity contribution in [1.82, 2.24) is 0 Å². The third-order valence-corrected chi connectivity index (χ3v) is 2.63. The molecule has 0 aliphatic heterocycles. The minimum atomic E-state index is -4.46. The normalized spacial score (nSPS) is 13.1. The minimum Gasteiger partial charge on any atom is -0.379 e. The van der Waals surface area contributed by atoms with Crippen LogP contribution in [-0.4, -0.2) is 23.7 Å². The van der Waals surface area contributed by atoms with Crippen molar-refractivity contribution in [3.63, 3.8) is 0 Å². The predicted molar refractivity (Wildman–Crippen MR) is 67.6 cm³/mol. The second-order valence-electron chi connectivity index (χ2n) is 4.09. The molecule has 1 N–H and O–H groups in total. The molecule has 1 aromatic rings. The summed E-state index contributed by atoms with van der Waals surface area (Å²) < 4.78 is 41.8. The van der Waals surface area contributed by atoms with Crippen molar-refractivity contribution in [3.05, 3.63) is 33.9 Å². The highest BCUT2D eigenvalue weighted by Gasteiger charge is 2.37. The highest BCUT2D eigenvalue weighted by molar-refractivity contribution is 5.66. The van der Waals surface area contributed by atoms with Gasteiger partial charge in [0.2, 0.25) is 0 Å². The van der Waals surface area contributed by atoms with Crippen LogP contribution >= 0.6 is 0 Å². The molecule has 0 amide bonds. The van der Waals surface area contributed by atoms with Crippen LogP contribution in [0.2, 0.25) is 0 Å². The summed E-state index contributed by atoms with van der Waals surface area (Å²) in [6.45, 7) is 2.68. The fourth-order valence-electron chi connectivity index (χ4n) is 1.55. The third-order valence-electron chi connectivity index (χ3n) is 2.63. The molecular weight excluding hydrogens is 277 g/mol. The second kappa shape index (κ2) is 6.56. The van der Waals surface area contributed by atoms with Crippen LogP contribution in [0.3, 0.4) is 0 Å². The molecule has 0 aliphatic rings. The molecule has 8 heteroatoms. The molecule has 0 aromatic heterocycles. The van der Waals surface area contributed by atoms with E-state index in [4.69, 9.17) is 4.74 Å². The molecule has 0 aliphatic carbocycles. The van der Waals surface area contributed by atoms with Crippen molar-refractivity contribution in [3.8, 4) is 0 Å². The number of alkyl halides is 3. The quantitative estimate of drug-likeness (QED) is 0.644. The Labute approximate surface area is 113 Å². The Morgan fingerprint density at radius 2 is 2.10 bits per heavy atom. The number of nitro groups is 1. The Balaban J connectivity index is 2.94. The van der Waals surface area contributed by atoms with E-state index in [1.807, 2.05) is 0 Å². The third kappa shape index (κ3) is 4.09. The van der Waals surface area contributed by atoms with E-state index >= 15 is 0 Å². The summed E-state index contributed by atoms with van der Waals surface area (Å²) in [5.41, 5.74) is 0.319. The maximum atomic E-state index is 12.4. The van der Waals surface area contributed by atoms with E-state index in [-0.39, 0.29) is 18.0 Å². The molecule has 0 bridgehead atoms. The number of ether oxygens (including phenoxy) is 1. The van der Waals surface area contributed by atoms with Gasteiger partial charge in [-0.25, -0.2) is 0 Å². The van der Waals surface area contributed by atoms with Gasteiger partial charge in [-0.05, 0) is 13.8 Å². The zero-order valence-electron chi connectivity index (χ0n) is 11.0. The van der Waals surface area contributed by atoms with Gasteiger partial charge in [0, 0.05) is 18.2 Å². The topological polar surface area (TPSA) is 64.4 Å². The monoisotopic (exact) mass is 292 g/mol. The zero-order valence-corrected chi connectivity index (χ0v) is 11.0. The first kappa shape index (κ1) is 16.2. The van der Waals surface area contributed by atoms with Crippen LogP contribution in [-0.2, 0) is 11.3 Å². The van der Waals surface area contributed by atoms with Crippen molar-refractivity contribution >= 4 is 11.4 Å². The average Bonchev–Trinajstić information content (AvgIpc) is 2.35. The molecule has 0 heterocycles. The van der Waals surface area contributed by atoms with Gasteiger partial charge >= 0.3 is 6.18 Å². The number of hydrogen-bond acceptors (Lipinski definition) is 4. The lowest BCUT2D eigenvalue weighted by atomic mass is 10.1.